The van der Waals surface area contributed by atoms with Gasteiger partial charge in [0.05, 0.1) is 38.2 Å². The van der Waals surface area contributed by atoms with E-state index in [4.69, 9.17) is 35.0 Å². The maximum absolute atomic E-state index is 13.5. The van der Waals surface area contributed by atoms with Crippen molar-refractivity contribution in [2.24, 2.45) is 0 Å². The van der Waals surface area contributed by atoms with Crippen molar-refractivity contribution in [1.82, 2.24) is 0 Å². The van der Waals surface area contributed by atoms with Crippen LogP contribution in [0, 0.1) is 0 Å². The maximum atomic E-state index is 13.5. The molecule has 1 amide bonds. The van der Waals surface area contributed by atoms with Gasteiger partial charge in [-0.1, -0.05) is 23.7 Å². The Balaban J connectivity index is 1.68. The molecule has 0 spiro atoms. The van der Waals surface area contributed by atoms with Crippen molar-refractivity contribution in [2.75, 3.05) is 26.6 Å². The van der Waals surface area contributed by atoms with Crippen LogP contribution in [0.5, 0.6) is 23.0 Å². The minimum absolute atomic E-state index is 0.235. The van der Waals surface area contributed by atoms with Crippen molar-refractivity contribution in [1.29, 1.82) is 0 Å². The molecule has 0 saturated heterocycles. The van der Waals surface area contributed by atoms with Crippen LogP contribution in [0.25, 0.3) is 11.0 Å². The second-order valence-corrected chi connectivity index (χ2v) is 8.54. The van der Waals surface area contributed by atoms with Gasteiger partial charge in [-0.25, -0.2) is 4.79 Å². The molecule has 5 rings (SSSR count). The van der Waals surface area contributed by atoms with E-state index in [0.717, 1.165) is 0 Å². The largest absolute Gasteiger partial charge is 0.493 e. The monoisotopic (exact) mass is 507 g/mol. The van der Waals surface area contributed by atoms with Gasteiger partial charge in [0.1, 0.15) is 11.3 Å². The van der Waals surface area contributed by atoms with E-state index in [1.807, 2.05) is 6.07 Å². The Labute approximate surface area is 211 Å². The molecule has 0 radical (unpaired) electrons. The van der Waals surface area contributed by atoms with Gasteiger partial charge in [-0.2, -0.15) is 0 Å². The Morgan fingerprint density at radius 1 is 0.944 bits per heavy atom. The van der Waals surface area contributed by atoms with Gasteiger partial charge in [0.15, 0.2) is 17.6 Å². The van der Waals surface area contributed by atoms with Gasteiger partial charge in [-0.15, -0.1) is 0 Å². The number of rotatable bonds is 6. The molecule has 8 nitrogen and oxygen atoms in total. The van der Waals surface area contributed by atoms with Gasteiger partial charge in [-0.05, 0) is 54.1 Å². The first-order valence-corrected chi connectivity index (χ1v) is 11.4. The van der Waals surface area contributed by atoms with Crippen LogP contribution in [0.2, 0.25) is 5.02 Å². The van der Waals surface area contributed by atoms with Crippen molar-refractivity contribution in [3.8, 4) is 23.0 Å². The second-order valence-electron chi connectivity index (χ2n) is 8.10. The number of hydrogen-bond acceptors (Lipinski definition) is 7. The second kappa shape index (κ2) is 9.47. The van der Waals surface area contributed by atoms with Crippen molar-refractivity contribution in [3.05, 3.63) is 87.2 Å². The summed E-state index contributed by atoms with van der Waals surface area (Å²) in [4.78, 5) is 26.8. The SMILES string of the molecule is COc1cc(C2c3c(c4ccccc4oc3=O)OC2C(=O)Nc2ccc(Cl)cc2)cc(OC)c1OC. The molecule has 0 aliphatic carbocycles. The van der Waals surface area contributed by atoms with E-state index in [1.54, 1.807) is 54.6 Å². The lowest BCUT2D eigenvalue weighted by molar-refractivity contribution is -0.122. The van der Waals surface area contributed by atoms with E-state index in [2.05, 4.69) is 5.32 Å². The number of amides is 1. The molecule has 3 aromatic carbocycles. The first kappa shape index (κ1) is 23.6. The van der Waals surface area contributed by atoms with Crippen LogP contribution in [0.4, 0.5) is 5.69 Å². The lowest BCUT2D eigenvalue weighted by atomic mass is 9.87. The number of carbonyl (C=O) groups is 1. The number of benzene rings is 3. The van der Waals surface area contributed by atoms with E-state index in [-0.39, 0.29) is 5.56 Å². The molecule has 4 aromatic rings. The molecule has 9 heteroatoms. The van der Waals surface area contributed by atoms with Crippen LogP contribution in [0.1, 0.15) is 17.0 Å². The van der Waals surface area contributed by atoms with Crippen LogP contribution >= 0.6 is 11.6 Å². The number of methoxy groups -OCH3 is 3. The van der Waals surface area contributed by atoms with Crippen molar-refractivity contribution < 1.29 is 28.2 Å². The fraction of sp³-hybridized carbons (Fsp3) is 0.185. The topological polar surface area (TPSA) is 96.2 Å². The van der Waals surface area contributed by atoms with E-state index < -0.39 is 23.6 Å². The zero-order valence-corrected chi connectivity index (χ0v) is 20.4. The molecule has 0 fully saturated rings. The molecule has 2 unspecified atom stereocenters. The van der Waals surface area contributed by atoms with E-state index in [0.29, 0.717) is 50.2 Å². The van der Waals surface area contributed by atoms with Crippen molar-refractivity contribution >= 4 is 34.2 Å². The number of halogens is 1. The summed E-state index contributed by atoms with van der Waals surface area (Å²) in [6.07, 6.45) is -1.09. The average molecular weight is 508 g/mol. The molecular formula is C27H22ClNO7. The molecular weight excluding hydrogens is 486 g/mol. The predicted molar refractivity (Wildman–Crippen MR) is 135 cm³/mol. The number of para-hydroxylation sites is 1. The molecule has 2 heterocycles. The van der Waals surface area contributed by atoms with Crippen LogP contribution in [0.15, 0.2) is 69.9 Å². The molecule has 0 saturated carbocycles. The quantitative estimate of drug-likeness (QED) is 0.367. The summed E-state index contributed by atoms with van der Waals surface area (Å²) in [6.45, 7) is 0. The highest BCUT2D eigenvalue weighted by Gasteiger charge is 2.45. The van der Waals surface area contributed by atoms with Crippen LogP contribution in [-0.2, 0) is 4.79 Å². The van der Waals surface area contributed by atoms with Crippen molar-refractivity contribution in [3.63, 3.8) is 0 Å². The van der Waals surface area contributed by atoms with E-state index in [1.165, 1.54) is 21.3 Å². The summed E-state index contributed by atoms with van der Waals surface area (Å²) in [6, 6.07) is 17.1. The Bertz CT molecular complexity index is 1490. The molecule has 1 aliphatic rings. The third kappa shape index (κ3) is 3.99. The smallest absolute Gasteiger partial charge is 0.344 e. The lowest BCUT2D eigenvalue weighted by Gasteiger charge is -2.21. The summed E-state index contributed by atoms with van der Waals surface area (Å²) < 4.78 is 28.3. The molecule has 1 aliphatic heterocycles. The van der Waals surface area contributed by atoms with Gasteiger partial charge >= 0.3 is 5.63 Å². The van der Waals surface area contributed by atoms with Crippen molar-refractivity contribution in [2.45, 2.75) is 12.0 Å². The van der Waals surface area contributed by atoms with Crippen LogP contribution < -0.4 is 29.9 Å². The van der Waals surface area contributed by atoms with Gasteiger partial charge < -0.3 is 28.7 Å². The average Bonchev–Trinajstić information content (AvgIpc) is 3.31. The molecule has 2 atom stereocenters. The highest BCUT2D eigenvalue weighted by atomic mass is 35.5. The summed E-state index contributed by atoms with van der Waals surface area (Å²) in [5, 5.41) is 3.98. The fourth-order valence-electron chi connectivity index (χ4n) is 4.45. The Kier molecular flexibility index (Phi) is 6.20. The van der Waals surface area contributed by atoms with E-state index >= 15 is 0 Å². The van der Waals surface area contributed by atoms with Gasteiger partial charge in [0.2, 0.25) is 5.75 Å². The fourth-order valence-corrected chi connectivity index (χ4v) is 4.58. The standard InChI is InChI=1S/C27H22ClNO7/c1-32-19-12-14(13-20(33-2)24(19)34-3)21-22-23(17-6-4-5-7-18(17)35-27(22)31)36-25(21)26(30)29-16-10-8-15(28)9-11-16/h4-13,21,25H,1-3H3,(H,29,30). The Morgan fingerprint density at radius 2 is 1.61 bits per heavy atom. The zero-order valence-electron chi connectivity index (χ0n) is 19.7. The highest BCUT2D eigenvalue weighted by Crippen LogP contribution is 2.48. The zero-order chi connectivity index (χ0) is 25.4. The summed E-state index contributed by atoms with van der Waals surface area (Å²) in [7, 11) is 4.48. The Hall–Kier alpha value is -4.17. The van der Waals surface area contributed by atoms with Crippen LogP contribution in [-0.4, -0.2) is 33.3 Å². The third-order valence-corrected chi connectivity index (χ3v) is 6.33. The summed E-state index contributed by atoms with van der Waals surface area (Å²) >= 11 is 5.98. The number of hydrogen-bond donors (Lipinski definition) is 1. The summed E-state index contributed by atoms with van der Waals surface area (Å²) in [5.74, 6) is 0.176. The van der Waals surface area contributed by atoms with Gasteiger partial charge in [-0.3, -0.25) is 4.79 Å². The first-order valence-electron chi connectivity index (χ1n) is 11.0. The predicted octanol–water partition coefficient (Wildman–Crippen LogP) is 5.00. The third-order valence-electron chi connectivity index (χ3n) is 6.07. The Morgan fingerprint density at radius 3 is 2.25 bits per heavy atom. The molecule has 36 heavy (non-hydrogen) atoms. The maximum Gasteiger partial charge on any atom is 0.344 e. The lowest BCUT2D eigenvalue weighted by Crippen LogP contribution is -2.35. The number of fused-ring (bicyclic) bond motifs is 3. The highest BCUT2D eigenvalue weighted by molar-refractivity contribution is 6.30. The molecule has 1 N–H and O–H groups in total. The van der Waals surface area contributed by atoms with Crippen LogP contribution in [0.3, 0.4) is 0 Å². The van der Waals surface area contributed by atoms with Gasteiger partial charge in [0.25, 0.3) is 5.91 Å². The minimum atomic E-state index is -1.09. The normalized spacial score (nSPS) is 16.2. The van der Waals surface area contributed by atoms with E-state index in [9.17, 15) is 9.59 Å². The molecule has 184 valence electrons. The number of ether oxygens (including phenoxy) is 4. The molecule has 0 bridgehead atoms. The first-order chi connectivity index (χ1) is 17.4. The molecule has 1 aromatic heterocycles. The number of nitrogens with one attached hydrogen (secondary N) is 1. The van der Waals surface area contributed by atoms with Gasteiger partial charge in [0, 0.05) is 10.7 Å². The minimum Gasteiger partial charge on any atom is -0.493 e. The number of anilines is 1. The number of carbonyl (C=O) groups excluding carboxylic acids is 1. The summed E-state index contributed by atoms with van der Waals surface area (Å²) in [5.41, 5.74) is 1.10.